The predicted octanol–water partition coefficient (Wildman–Crippen LogP) is 8.66. The van der Waals surface area contributed by atoms with Gasteiger partial charge < -0.3 is 28.5 Å². The highest BCUT2D eigenvalue weighted by molar-refractivity contribution is 14.1. The predicted molar refractivity (Wildman–Crippen MR) is 166 cm³/mol. The molecule has 216 valence electrons. The van der Waals surface area contributed by atoms with Gasteiger partial charge in [-0.05, 0) is 108 Å². The summed E-state index contributed by atoms with van der Waals surface area (Å²) in [6.07, 6.45) is 0. The Morgan fingerprint density at radius 1 is 0.690 bits per heavy atom. The van der Waals surface area contributed by atoms with Gasteiger partial charge in [0.15, 0.2) is 0 Å². The molecule has 42 heavy (non-hydrogen) atoms. The van der Waals surface area contributed by atoms with E-state index in [0.29, 0.717) is 34.5 Å². The molecule has 5 aromatic rings. The van der Waals surface area contributed by atoms with Crippen LogP contribution in [-0.4, -0.2) is 22.2 Å². The molecule has 0 atom stereocenters. The van der Waals surface area contributed by atoms with Crippen LogP contribution < -0.4 is 9.47 Å². The highest BCUT2D eigenvalue weighted by atomic mass is 127. The summed E-state index contributed by atoms with van der Waals surface area (Å²) in [7, 11) is 0. The van der Waals surface area contributed by atoms with Gasteiger partial charge in [-0.1, -0.05) is 35.9 Å². The van der Waals surface area contributed by atoms with Crippen molar-refractivity contribution in [2.45, 2.75) is 27.1 Å². The van der Waals surface area contributed by atoms with Crippen LogP contribution >= 0.6 is 34.2 Å². The molecule has 0 aliphatic heterocycles. The number of carboxylic acids is 2. The van der Waals surface area contributed by atoms with E-state index in [0.717, 1.165) is 26.0 Å². The fraction of sp³-hybridized carbons (Fsp3) is 0.125. The lowest BCUT2D eigenvalue weighted by atomic mass is 10.1. The van der Waals surface area contributed by atoms with Crippen molar-refractivity contribution in [3.05, 3.63) is 128 Å². The van der Waals surface area contributed by atoms with Crippen LogP contribution in [-0.2, 0) is 13.2 Å². The van der Waals surface area contributed by atoms with E-state index in [1.807, 2.05) is 72.8 Å². The Morgan fingerprint density at radius 2 is 1.07 bits per heavy atom. The number of rotatable bonds is 9. The standard InChI is InChI=1S/C19H15ClO4.C13H11IO4/c1-12-15(10-18(24-12)19(21)22)11-23-17-8-4-14(5-9-17)13-2-6-16(20)7-3-13;1-8-9(6-12(18-8)13(15)16)7-17-11-4-2-10(14)3-5-11/h2-10H,11H2,1H3,(H,21,22);2-6H,7H2,1H3,(H,15,16). The zero-order valence-electron chi connectivity index (χ0n) is 22.6. The van der Waals surface area contributed by atoms with E-state index in [-0.39, 0.29) is 18.1 Å². The average Bonchev–Trinajstić information content (AvgIpc) is 3.55. The zero-order chi connectivity index (χ0) is 30.2. The van der Waals surface area contributed by atoms with Gasteiger partial charge in [0.2, 0.25) is 11.5 Å². The fourth-order valence-corrected chi connectivity index (χ4v) is 4.26. The molecule has 0 spiro atoms. The molecular weight excluding hydrogens is 675 g/mol. The molecule has 0 aliphatic carbocycles. The van der Waals surface area contributed by atoms with Gasteiger partial charge >= 0.3 is 11.9 Å². The number of hydrogen-bond donors (Lipinski definition) is 2. The quantitative estimate of drug-likeness (QED) is 0.147. The highest BCUT2D eigenvalue weighted by Crippen LogP contribution is 2.25. The summed E-state index contributed by atoms with van der Waals surface area (Å²) in [5.41, 5.74) is 3.59. The molecule has 0 radical (unpaired) electrons. The minimum absolute atomic E-state index is 0.0614. The average molecular weight is 701 g/mol. The van der Waals surface area contributed by atoms with E-state index in [1.54, 1.807) is 13.8 Å². The summed E-state index contributed by atoms with van der Waals surface area (Å²) in [6.45, 7) is 3.99. The van der Waals surface area contributed by atoms with E-state index in [2.05, 4.69) is 22.6 Å². The number of furan rings is 2. The Hall–Kier alpha value is -4.22. The van der Waals surface area contributed by atoms with Gasteiger partial charge in [0.1, 0.15) is 36.2 Å². The Bertz CT molecular complexity index is 1650. The van der Waals surface area contributed by atoms with Crippen molar-refractivity contribution in [3.8, 4) is 22.6 Å². The molecule has 0 fully saturated rings. The van der Waals surface area contributed by atoms with Crippen molar-refractivity contribution in [1.82, 2.24) is 0 Å². The number of hydrogen-bond acceptors (Lipinski definition) is 6. The molecular formula is C32H26ClIO8. The van der Waals surface area contributed by atoms with Crippen LogP contribution in [0.4, 0.5) is 0 Å². The number of carboxylic acid groups (broad SMARTS) is 2. The highest BCUT2D eigenvalue weighted by Gasteiger charge is 2.14. The Labute approximate surface area is 260 Å². The van der Waals surface area contributed by atoms with E-state index in [4.69, 9.17) is 40.1 Å². The maximum absolute atomic E-state index is 10.9. The molecule has 3 aromatic carbocycles. The Morgan fingerprint density at radius 3 is 1.45 bits per heavy atom. The first kappa shape index (κ1) is 30.7. The van der Waals surface area contributed by atoms with Crippen LogP contribution in [0, 0.1) is 17.4 Å². The molecule has 5 rings (SSSR count). The second kappa shape index (κ2) is 14.1. The first-order valence-electron chi connectivity index (χ1n) is 12.6. The molecule has 2 aromatic heterocycles. The van der Waals surface area contributed by atoms with Gasteiger partial charge in [0, 0.05) is 19.7 Å². The maximum Gasteiger partial charge on any atom is 0.371 e. The van der Waals surface area contributed by atoms with Crippen molar-refractivity contribution in [3.63, 3.8) is 0 Å². The number of ether oxygens (including phenoxy) is 2. The first-order valence-corrected chi connectivity index (χ1v) is 14.1. The molecule has 0 aliphatic rings. The second-order valence-electron chi connectivity index (χ2n) is 9.06. The van der Waals surface area contributed by atoms with E-state index >= 15 is 0 Å². The third-order valence-corrected chi connectivity index (χ3v) is 7.07. The molecule has 10 heteroatoms. The van der Waals surface area contributed by atoms with Crippen molar-refractivity contribution in [1.29, 1.82) is 0 Å². The molecule has 0 bridgehead atoms. The summed E-state index contributed by atoms with van der Waals surface area (Å²) in [4.78, 5) is 21.6. The fourth-order valence-electron chi connectivity index (χ4n) is 3.78. The molecule has 2 N–H and O–H groups in total. The minimum atomic E-state index is -1.09. The van der Waals surface area contributed by atoms with Gasteiger partial charge in [-0.2, -0.15) is 0 Å². The van der Waals surface area contributed by atoms with Crippen LogP contribution in [0.25, 0.3) is 11.1 Å². The van der Waals surface area contributed by atoms with Gasteiger partial charge in [0.25, 0.3) is 0 Å². The number of benzene rings is 3. The smallest absolute Gasteiger partial charge is 0.371 e. The number of aryl methyl sites for hydroxylation is 2. The number of halogens is 2. The summed E-state index contributed by atoms with van der Waals surface area (Å²) >= 11 is 8.11. The topological polar surface area (TPSA) is 119 Å². The van der Waals surface area contributed by atoms with E-state index in [1.165, 1.54) is 12.1 Å². The van der Waals surface area contributed by atoms with Crippen LogP contribution in [0.2, 0.25) is 5.02 Å². The molecule has 8 nitrogen and oxygen atoms in total. The van der Waals surface area contributed by atoms with Crippen molar-refractivity contribution in [2.75, 3.05) is 0 Å². The second-order valence-corrected chi connectivity index (χ2v) is 10.7. The summed E-state index contributed by atoms with van der Waals surface area (Å²) < 4.78 is 22.7. The molecule has 0 unspecified atom stereocenters. The van der Waals surface area contributed by atoms with Gasteiger partial charge in [-0.25, -0.2) is 9.59 Å². The lowest BCUT2D eigenvalue weighted by molar-refractivity contribution is 0.0651. The Balaban J connectivity index is 0.000000201. The Kier molecular flexibility index (Phi) is 10.3. The van der Waals surface area contributed by atoms with Gasteiger partial charge in [-0.15, -0.1) is 0 Å². The minimum Gasteiger partial charge on any atom is -0.489 e. The third-order valence-electron chi connectivity index (χ3n) is 6.10. The SMILES string of the molecule is Cc1oc(C(=O)O)cc1COc1ccc(-c2ccc(Cl)cc2)cc1.Cc1oc(C(=O)O)cc1COc1ccc(I)cc1. The van der Waals surface area contributed by atoms with Crippen LogP contribution in [0.3, 0.4) is 0 Å². The number of aromatic carboxylic acids is 2. The van der Waals surface area contributed by atoms with Crippen LogP contribution in [0.5, 0.6) is 11.5 Å². The zero-order valence-corrected chi connectivity index (χ0v) is 25.5. The number of carbonyl (C=O) groups is 2. The van der Waals surface area contributed by atoms with E-state index in [9.17, 15) is 9.59 Å². The normalized spacial score (nSPS) is 10.5. The first-order chi connectivity index (χ1) is 20.1. The van der Waals surface area contributed by atoms with Gasteiger partial charge in [0.05, 0.1) is 0 Å². The van der Waals surface area contributed by atoms with Gasteiger partial charge in [-0.3, -0.25) is 0 Å². The van der Waals surface area contributed by atoms with Crippen LogP contribution in [0.15, 0.2) is 93.8 Å². The lowest BCUT2D eigenvalue weighted by Gasteiger charge is -2.07. The summed E-state index contributed by atoms with van der Waals surface area (Å²) in [5, 5.41) is 18.4. The maximum atomic E-state index is 10.9. The largest absolute Gasteiger partial charge is 0.489 e. The monoisotopic (exact) mass is 700 g/mol. The molecule has 0 amide bonds. The summed E-state index contributed by atoms with van der Waals surface area (Å²) in [5.74, 6) is 0.259. The van der Waals surface area contributed by atoms with Crippen LogP contribution in [0.1, 0.15) is 43.8 Å². The van der Waals surface area contributed by atoms with Crippen molar-refractivity contribution < 1.29 is 38.1 Å². The van der Waals surface area contributed by atoms with Crippen molar-refractivity contribution >= 4 is 46.1 Å². The molecule has 0 saturated heterocycles. The molecule has 0 saturated carbocycles. The third kappa shape index (κ3) is 8.40. The lowest BCUT2D eigenvalue weighted by Crippen LogP contribution is -1.96. The van der Waals surface area contributed by atoms with E-state index < -0.39 is 11.9 Å². The summed E-state index contributed by atoms with van der Waals surface area (Å²) in [6, 6.07) is 25.9. The van der Waals surface area contributed by atoms with Crippen molar-refractivity contribution in [2.24, 2.45) is 0 Å². The molecule has 2 heterocycles.